The van der Waals surface area contributed by atoms with Gasteiger partial charge >= 0.3 is 0 Å². The minimum absolute atomic E-state index is 0.0526. The average Bonchev–Trinajstić information content (AvgIpc) is 2.92. The molecule has 0 radical (unpaired) electrons. The van der Waals surface area contributed by atoms with Gasteiger partial charge in [0.2, 0.25) is 0 Å². The number of ether oxygens (including phenoxy) is 1. The molecule has 21 heavy (non-hydrogen) atoms. The van der Waals surface area contributed by atoms with E-state index in [4.69, 9.17) is 21.6 Å². The maximum absolute atomic E-state index is 11.9. The van der Waals surface area contributed by atoms with E-state index in [9.17, 15) is 4.79 Å². The maximum Gasteiger partial charge on any atom is 0.261 e. The number of aryl methyl sites for hydroxylation is 1. The highest BCUT2D eigenvalue weighted by molar-refractivity contribution is 6.17. The lowest BCUT2D eigenvalue weighted by Crippen LogP contribution is -2.26. The highest BCUT2D eigenvalue weighted by Crippen LogP contribution is 2.06. The molecule has 1 heterocycles. The lowest BCUT2D eigenvalue weighted by molar-refractivity contribution is -0.117. The monoisotopic (exact) mass is 310 g/mol. The number of alkyl halides is 1. The van der Waals surface area contributed by atoms with Crippen molar-refractivity contribution in [1.82, 2.24) is 15.1 Å². The number of carbonyl (C=O) groups excluding carboxylic acids is 1. The number of nitrogens with zero attached hydrogens (tertiary/aromatic N) is 3. The van der Waals surface area contributed by atoms with Gasteiger partial charge in [0.1, 0.15) is 11.6 Å². The summed E-state index contributed by atoms with van der Waals surface area (Å²) in [5, 5.41) is 15.8. The van der Waals surface area contributed by atoms with Crippen molar-refractivity contribution in [2.75, 3.05) is 25.6 Å². The third kappa shape index (κ3) is 6.43. The van der Waals surface area contributed by atoms with E-state index in [1.165, 1.54) is 6.08 Å². The zero-order chi connectivity index (χ0) is 15.5. The number of hydrogen-bond acceptors (Lipinski definition) is 4. The fourth-order valence-electron chi connectivity index (χ4n) is 1.59. The molecule has 0 aliphatic heterocycles. The van der Waals surface area contributed by atoms with Gasteiger partial charge in [-0.3, -0.25) is 9.48 Å². The Hall–Kier alpha value is -1.84. The first-order chi connectivity index (χ1) is 10.2. The summed E-state index contributed by atoms with van der Waals surface area (Å²) in [5.74, 6) is 0.0649. The summed E-state index contributed by atoms with van der Waals surface area (Å²) in [4.78, 5) is 11.9. The van der Waals surface area contributed by atoms with E-state index in [2.05, 4.69) is 10.4 Å². The third-order valence-electron chi connectivity index (χ3n) is 2.60. The van der Waals surface area contributed by atoms with Crippen molar-refractivity contribution in [3.8, 4) is 6.07 Å². The van der Waals surface area contributed by atoms with E-state index in [0.29, 0.717) is 44.2 Å². The number of amides is 1. The molecular formula is C14H19ClN4O2. The summed E-state index contributed by atoms with van der Waals surface area (Å²) in [6.45, 7) is 4.22. The fourth-order valence-corrected chi connectivity index (χ4v) is 1.77. The van der Waals surface area contributed by atoms with Crippen LogP contribution in [0.4, 0.5) is 0 Å². The molecule has 0 saturated heterocycles. The molecule has 1 rings (SSSR count). The van der Waals surface area contributed by atoms with Crippen molar-refractivity contribution in [1.29, 1.82) is 5.26 Å². The number of hydrogen-bond donors (Lipinski definition) is 1. The summed E-state index contributed by atoms with van der Waals surface area (Å²) >= 11 is 5.62. The number of halogens is 1. The molecule has 6 nitrogen and oxygen atoms in total. The summed E-state index contributed by atoms with van der Waals surface area (Å²) in [5.41, 5.74) is 0.748. The Bertz CT molecular complexity index is 519. The molecule has 1 aromatic rings. The summed E-state index contributed by atoms with van der Waals surface area (Å²) in [7, 11) is 0. The molecule has 0 aromatic carbocycles. The SMILES string of the molecule is CCOCCCNC(=O)C(C#N)=Cc1cnn(CCCl)c1. The molecule has 1 amide bonds. The van der Waals surface area contributed by atoms with Crippen molar-refractivity contribution in [2.24, 2.45) is 0 Å². The molecule has 0 aliphatic rings. The molecule has 1 N–H and O–H groups in total. The van der Waals surface area contributed by atoms with Crippen LogP contribution in [0.2, 0.25) is 0 Å². The van der Waals surface area contributed by atoms with Gasteiger partial charge in [0, 0.05) is 37.4 Å². The molecule has 0 atom stereocenters. The van der Waals surface area contributed by atoms with Gasteiger partial charge in [0.25, 0.3) is 5.91 Å². The molecule has 0 unspecified atom stereocenters. The van der Waals surface area contributed by atoms with E-state index in [1.54, 1.807) is 17.1 Å². The second-order valence-corrected chi connectivity index (χ2v) is 4.58. The van der Waals surface area contributed by atoms with Crippen LogP contribution in [0.5, 0.6) is 0 Å². The smallest absolute Gasteiger partial charge is 0.261 e. The van der Waals surface area contributed by atoms with Crippen LogP contribution in [-0.2, 0) is 16.1 Å². The largest absolute Gasteiger partial charge is 0.382 e. The van der Waals surface area contributed by atoms with Crippen LogP contribution < -0.4 is 5.32 Å². The van der Waals surface area contributed by atoms with Gasteiger partial charge in [-0.05, 0) is 19.4 Å². The number of nitriles is 1. The first kappa shape index (κ1) is 17.2. The van der Waals surface area contributed by atoms with Crippen molar-refractivity contribution >= 4 is 23.6 Å². The predicted molar refractivity (Wildman–Crippen MR) is 80.7 cm³/mol. The third-order valence-corrected chi connectivity index (χ3v) is 2.77. The van der Waals surface area contributed by atoms with Gasteiger partial charge in [-0.1, -0.05) is 0 Å². The highest BCUT2D eigenvalue weighted by Gasteiger charge is 2.08. The first-order valence-corrected chi connectivity index (χ1v) is 7.30. The topological polar surface area (TPSA) is 79.9 Å². The Labute approximate surface area is 129 Å². The standard InChI is InChI=1S/C14H19ClN4O2/c1-2-21-7-3-5-17-14(20)13(9-16)8-12-10-18-19(11-12)6-4-15/h8,10-11H,2-7H2,1H3,(H,17,20). The van der Waals surface area contributed by atoms with Gasteiger partial charge in [-0.2, -0.15) is 10.4 Å². The van der Waals surface area contributed by atoms with Gasteiger partial charge < -0.3 is 10.1 Å². The molecule has 7 heteroatoms. The average molecular weight is 311 g/mol. The Morgan fingerprint density at radius 3 is 3.14 bits per heavy atom. The van der Waals surface area contributed by atoms with Gasteiger partial charge in [-0.25, -0.2) is 0 Å². The predicted octanol–water partition coefficient (Wildman–Crippen LogP) is 1.57. The zero-order valence-corrected chi connectivity index (χ0v) is 12.8. The van der Waals surface area contributed by atoms with Crippen LogP contribution in [0, 0.1) is 11.3 Å². The molecule has 0 saturated carbocycles. The fraction of sp³-hybridized carbons (Fsp3) is 0.500. The van der Waals surface area contributed by atoms with Gasteiger partial charge in [0.15, 0.2) is 0 Å². The Morgan fingerprint density at radius 2 is 2.48 bits per heavy atom. The highest BCUT2D eigenvalue weighted by atomic mass is 35.5. The van der Waals surface area contributed by atoms with E-state index in [-0.39, 0.29) is 11.5 Å². The van der Waals surface area contributed by atoms with Crippen LogP contribution in [0.3, 0.4) is 0 Å². The quantitative estimate of drug-likeness (QED) is 0.325. The van der Waals surface area contributed by atoms with Crippen LogP contribution >= 0.6 is 11.6 Å². The number of nitrogens with one attached hydrogen (secondary N) is 1. The van der Waals surface area contributed by atoms with Crippen molar-refractivity contribution in [3.63, 3.8) is 0 Å². The molecule has 114 valence electrons. The Balaban J connectivity index is 2.53. The lowest BCUT2D eigenvalue weighted by Gasteiger charge is -2.04. The Kier molecular flexibility index (Phi) is 8.17. The Morgan fingerprint density at radius 1 is 1.67 bits per heavy atom. The van der Waals surface area contributed by atoms with E-state index >= 15 is 0 Å². The van der Waals surface area contributed by atoms with Crippen LogP contribution in [0.25, 0.3) is 6.08 Å². The maximum atomic E-state index is 11.9. The second-order valence-electron chi connectivity index (χ2n) is 4.20. The second kappa shape index (κ2) is 9.97. The minimum Gasteiger partial charge on any atom is -0.382 e. The van der Waals surface area contributed by atoms with Crippen molar-refractivity contribution in [2.45, 2.75) is 19.9 Å². The van der Waals surface area contributed by atoms with E-state index in [0.717, 1.165) is 0 Å². The van der Waals surface area contributed by atoms with Gasteiger partial charge in [0.05, 0.1) is 12.7 Å². The number of rotatable bonds is 9. The zero-order valence-electron chi connectivity index (χ0n) is 12.0. The molecule has 0 aliphatic carbocycles. The normalized spacial score (nSPS) is 11.2. The minimum atomic E-state index is -0.390. The summed E-state index contributed by atoms with van der Waals surface area (Å²) in [6.07, 6.45) is 5.55. The van der Waals surface area contributed by atoms with Crippen molar-refractivity contribution < 1.29 is 9.53 Å². The summed E-state index contributed by atoms with van der Waals surface area (Å²) in [6, 6.07) is 1.90. The molecule has 1 aromatic heterocycles. The molecular weight excluding hydrogens is 292 g/mol. The van der Waals surface area contributed by atoms with E-state index in [1.807, 2.05) is 13.0 Å². The van der Waals surface area contributed by atoms with E-state index < -0.39 is 0 Å². The summed E-state index contributed by atoms with van der Waals surface area (Å²) < 4.78 is 6.83. The first-order valence-electron chi connectivity index (χ1n) is 6.77. The number of carbonyl (C=O) groups is 1. The number of aromatic nitrogens is 2. The molecule has 0 bridgehead atoms. The molecule has 0 fully saturated rings. The lowest BCUT2D eigenvalue weighted by atomic mass is 10.2. The van der Waals surface area contributed by atoms with Crippen LogP contribution in [0.1, 0.15) is 18.9 Å². The van der Waals surface area contributed by atoms with Gasteiger partial charge in [-0.15, -0.1) is 11.6 Å². The molecule has 0 spiro atoms. The van der Waals surface area contributed by atoms with Crippen LogP contribution in [0.15, 0.2) is 18.0 Å². The van der Waals surface area contributed by atoms with Crippen LogP contribution in [-0.4, -0.2) is 41.3 Å². The van der Waals surface area contributed by atoms with Crippen molar-refractivity contribution in [3.05, 3.63) is 23.5 Å².